The molecule has 1 aromatic carbocycles. The lowest BCUT2D eigenvalue weighted by Crippen LogP contribution is -2.02. The van der Waals surface area contributed by atoms with Crippen molar-refractivity contribution < 1.29 is 4.74 Å². The highest BCUT2D eigenvalue weighted by atomic mass is 35.5. The summed E-state index contributed by atoms with van der Waals surface area (Å²) in [6, 6.07) is 7.41. The van der Waals surface area contributed by atoms with E-state index < -0.39 is 0 Å². The van der Waals surface area contributed by atoms with Crippen LogP contribution < -0.4 is 10.5 Å². The molecule has 0 unspecified atom stereocenters. The van der Waals surface area contributed by atoms with Crippen LogP contribution in [0, 0.1) is 6.92 Å². The van der Waals surface area contributed by atoms with E-state index in [0.29, 0.717) is 10.9 Å². The van der Waals surface area contributed by atoms with Gasteiger partial charge in [0.05, 0.1) is 18.4 Å². The van der Waals surface area contributed by atoms with Crippen LogP contribution in [-0.4, -0.2) is 17.1 Å². The fourth-order valence-electron chi connectivity index (χ4n) is 1.66. The lowest BCUT2D eigenvalue weighted by molar-refractivity contribution is 0.399. The minimum absolute atomic E-state index is 0.206. The molecule has 0 spiro atoms. The van der Waals surface area contributed by atoms with Crippen LogP contribution in [0.15, 0.2) is 24.3 Å². The summed E-state index contributed by atoms with van der Waals surface area (Å²) < 4.78 is 5.23. The third-order valence-corrected chi connectivity index (χ3v) is 2.65. The van der Waals surface area contributed by atoms with E-state index in [-0.39, 0.29) is 5.95 Å². The second-order valence-electron chi connectivity index (χ2n) is 3.56. The Balaban J connectivity index is 2.61. The highest BCUT2D eigenvalue weighted by Gasteiger charge is 2.13. The zero-order valence-electron chi connectivity index (χ0n) is 9.57. The molecule has 0 fully saturated rings. The van der Waals surface area contributed by atoms with Crippen LogP contribution in [0.2, 0.25) is 5.02 Å². The Morgan fingerprint density at radius 1 is 1.18 bits per heavy atom. The predicted molar refractivity (Wildman–Crippen MR) is 68.2 cm³/mol. The second kappa shape index (κ2) is 4.59. The molecule has 0 radical (unpaired) electrons. The molecule has 2 rings (SSSR count). The van der Waals surface area contributed by atoms with Crippen molar-refractivity contribution in [2.45, 2.75) is 6.92 Å². The van der Waals surface area contributed by atoms with Gasteiger partial charge in [0.1, 0.15) is 0 Å². The molecule has 0 atom stereocenters. The van der Waals surface area contributed by atoms with E-state index in [2.05, 4.69) is 9.97 Å². The van der Waals surface area contributed by atoms with Crippen molar-refractivity contribution in [1.29, 1.82) is 0 Å². The average Bonchev–Trinajstić information content (AvgIpc) is 2.30. The van der Waals surface area contributed by atoms with Crippen LogP contribution in [0.25, 0.3) is 11.1 Å². The molecule has 0 saturated carbocycles. The van der Waals surface area contributed by atoms with Crippen molar-refractivity contribution >= 4 is 17.5 Å². The van der Waals surface area contributed by atoms with Gasteiger partial charge in [-0.3, -0.25) is 0 Å². The lowest BCUT2D eigenvalue weighted by Gasteiger charge is -2.10. The van der Waals surface area contributed by atoms with Crippen LogP contribution in [0.1, 0.15) is 5.69 Å². The van der Waals surface area contributed by atoms with Crippen molar-refractivity contribution in [3.8, 4) is 17.0 Å². The van der Waals surface area contributed by atoms with Gasteiger partial charge in [-0.1, -0.05) is 23.7 Å². The fourth-order valence-corrected chi connectivity index (χ4v) is 1.79. The molecule has 2 aromatic rings. The Morgan fingerprint density at radius 2 is 1.82 bits per heavy atom. The van der Waals surface area contributed by atoms with Crippen molar-refractivity contribution in [3.05, 3.63) is 35.0 Å². The number of aryl methyl sites for hydroxylation is 1. The van der Waals surface area contributed by atoms with E-state index in [0.717, 1.165) is 16.8 Å². The van der Waals surface area contributed by atoms with Crippen molar-refractivity contribution in [1.82, 2.24) is 9.97 Å². The molecule has 1 heterocycles. The van der Waals surface area contributed by atoms with Crippen molar-refractivity contribution in [2.75, 3.05) is 12.8 Å². The average molecular weight is 250 g/mol. The van der Waals surface area contributed by atoms with Gasteiger partial charge in [-0.25, -0.2) is 4.98 Å². The Bertz CT molecular complexity index is 540. The monoisotopic (exact) mass is 249 g/mol. The number of ether oxygens (including phenoxy) is 1. The molecular formula is C12H12ClN3O. The predicted octanol–water partition coefficient (Wildman–Crippen LogP) is 2.70. The van der Waals surface area contributed by atoms with Crippen LogP contribution >= 0.6 is 11.6 Å². The van der Waals surface area contributed by atoms with Gasteiger partial charge in [-0.15, -0.1) is 0 Å². The van der Waals surface area contributed by atoms with E-state index in [1.54, 1.807) is 7.11 Å². The number of rotatable bonds is 2. The Morgan fingerprint density at radius 3 is 2.41 bits per heavy atom. The summed E-state index contributed by atoms with van der Waals surface area (Å²) in [7, 11) is 1.56. The first kappa shape index (κ1) is 11.7. The SMILES string of the molecule is COc1nc(N)nc(C)c1-c1ccc(Cl)cc1. The Kier molecular flexibility index (Phi) is 3.15. The summed E-state index contributed by atoms with van der Waals surface area (Å²) in [4.78, 5) is 8.20. The molecule has 0 aliphatic heterocycles. The maximum absolute atomic E-state index is 5.86. The summed E-state index contributed by atoms with van der Waals surface area (Å²) in [6.07, 6.45) is 0. The maximum atomic E-state index is 5.86. The van der Waals surface area contributed by atoms with Crippen LogP contribution in [0.3, 0.4) is 0 Å². The molecule has 0 aliphatic carbocycles. The van der Waals surface area contributed by atoms with Crippen LogP contribution in [-0.2, 0) is 0 Å². The quantitative estimate of drug-likeness (QED) is 0.889. The highest BCUT2D eigenvalue weighted by molar-refractivity contribution is 6.30. The van der Waals surface area contributed by atoms with E-state index in [1.165, 1.54) is 0 Å². The minimum Gasteiger partial charge on any atom is -0.480 e. The number of methoxy groups -OCH3 is 1. The molecule has 0 bridgehead atoms. The van der Waals surface area contributed by atoms with Gasteiger partial charge in [0.15, 0.2) is 0 Å². The van der Waals surface area contributed by atoms with Gasteiger partial charge in [0, 0.05) is 5.02 Å². The fraction of sp³-hybridized carbons (Fsp3) is 0.167. The van der Waals surface area contributed by atoms with Gasteiger partial charge < -0.3 is 10.5 Å². The molecule has 0 amide bonds. The van der Waals surface area contributed by atoms with E-state index in [4.69, 9.17) is 22.1 Å². The number of aromatic nitrogens is 2. The molecular weight excluding hydrogens is 238 g/mol. The number of nitrogens with zero attached hydrogens (tertiary/aromatic N) is 2. The van der Waals surface area contributed by atoms with E-state index in [9.17, 15) is 0 Å². The van der Waals surface area contributed by atoms with Crippen molar-refractivity contribution in [3.63, 3.8) is 0 Å². The summed E-state index contributed by atoms with van der Waals surface area (Å²) in [5.41, 5.74) is 8.14. The third-order valence-electron chi connectivity index (χ3n) is 2.40. The molecule has 0 saturated heterocycles. The number of halogens is 1. The number of hydrogen-bond donors (Lipinski definition) is 1. The normalized spacial score (nSPS) is 10.3. The zero-order valence-corrected chi connectivity index (χ0v) is 10.3. The first-order chi connectivity index (χ1) is 8.11. The molecule has 5 heteroatoms. The Hall–Kier alpha value is -1.81. The molecule has 0 aliphatic rings. The number of nitrogen functional groups attached to an aromatic ring is 1. The highest BCUT2D eigenvalue weighted by Crippen LogP contribution is 2.31. The Labute approximate surface area is 104 Å². The summed E-state index contributed by atoms with van der Waals surface area (Å²) >= 11 is 5.86. The largest absolute Gasteiger partial charge is 0.480 e. The topological polar surface area (TPSA) is 61.0 Å². The molecule has 4 nitrogen and oxygen atoms in total. The van der Waals surface area contributed by atoms with Gasteiger partial charge in [-0.2, -0.15) is 4.98 Å². The maximum Gasteiger partial charge on any atom is 0.226 e. The van der Waals surface area contributed by atoms with E-state index >= 15 is 0 Å². The molecule has 88 valence electrons. The molecule has 2 N–H and O–H groups in total. The summed E-state index contributed by atoms with van der Waals surface area (Å²) in [6.45, 7) is 1.87. The smallest absolute Gasteiger partial charge is 0.226 e. The molecule has 1 aromatic heterocycles. The number of nitrogens with two attached hydrogens (primary N) is 1. The summed E-state index contributed by atoms with van der Waals surface area (Å²) in [5.74, 6) is 0.675. The number of benzene rings is 1. The molecule has 17 heavy (non-hydrogen) atoms. The second-order valence-corrected chi connectivity index (χ2v) is 3.99. The van der Waals surface area contributed by atoms with Crippen LogP contribution in [0.4, 0.5) is 5.95 Å². The minimum atomic E-state index is 0.206. The first-order valence-electron chi connectivity index (χ1n) is 5.06. The van der Waals surface area contributed by atoms with Gasteiger partial charge in [0.2, 0.25) is 11.8 Å². The zero-order chi connectivity index (χ0) is 12.4. The van der Waals surface area contributed by atoms with Gasteiger partial charge >= 0.3 is 0 Å². The lowest BCUT2D eigenvalue weighted by atomic mass is 10.1. The standard InChI is InChI=1S/C12H12ClN3O/c1-7-10(8-3-5-9(13)6-4-8)11(17-2)16-12(14)15-7/h3-6H,1-2H3,(H2,14,15,16). The van der Waals surface area contributed by atoms with Gasteiger partial charge in [-0.05, 0) is 24.6 Å². The third kappa shape index (κ3) is 2.31. The van der Waals surface area contributed by atoms with Gasteiger partial charge in [0.25, 0.3) is 0 Å². The van der Waals surface area contributed by atoms with Crippen LogP contribution in [0.5, 0.6) is 5.88 Å². The number of anilines is 1. The summed E-state index contributed by atoms with van der Waals surface area (Å²) in [5, 5.41) is 0.682. The van der Waals surface area contributed by atoms with Crippen molar-refractivity contribution in [2.24, 2.45) is 0 Å². The van der Waals surface area contributed by atoms with E-state index in [1.807, 2.05) is 31.2 Å². The number of hydrogen-bond acceptors (Lipinski definition) is 4. The first-order valence-corrected chi connectivity index (χ1v) is 5.43.